The molecule has 0 aliphatic heterocycles. The van der Waals surface area contributed by atoms with Gasteiger partial charge in [-0.1, -0.05) is 321 Å². The van der Waals surface area contributed by atoms with Gasteiger partial charge in [0, 0.05) is 0 Å². The first kappa shape index (κ1) is 75.9. The second-order valence-electron chi connectivity index (χ2n) is 24.2. The summed E-state index contributed by atoms with van der Waals surface area (Å²) in [5.74, 6) is 0. The Labute approximate surface area is 540 Å². The standard InChI is InChI=1S/2C36H60O3S.Ba/c2*1-3-5-7-9-11-13-15-17-19-21-23-25-32-27-28-33-29-30-34(40(37,38)39)31-36(33)35(32)26-24-22-20-18-16-14-12-10-8-6-4-2;/h2*27-31H,3-26H2,1-2H3,(H,37,38,39);/q;;+2/p-2. The van der Waals surface area contributed by atoms with Crippen molar-refractivity contribution < 1.29 is 25.9 Å². The summed E-state index contributed by atoms with van der Waals surface area (Å²) >= 11 is 0. The van der Waals surface area contributed by atoms with E-state index >= 15 is 0 Å². The van der Waals surface area contributed by atoms with Crippen LogP contribution in [0.4, 0.5) is 0 Å². The number of rotatable bonds is 50. The molecule has 0 radical (unpaired) electrons. The third kappa shape index (κ3) is 35.3. The van der Waals surface area contributed by atoms with Crippen molar-refractivity contribution >= 4 is 90.7 Å². The molecule has 4 aromatic rings. The van der Waals surface area contributed by atoms with Gasteiger partial charge < -0.3 is 9.11 Å². The molecule has 4 aromatic carbocycles. The number of hydrogen-bond donors (Lipinski definition) is 0. The maximum atomic E-state index is 11.8. The number of aryl methyl sites for hydroxylation is 4. The summed E-state index contributed by atoms with van der Waals surface area (Å²) in [5, 5.41) is 4.00. The van der Waals surface area contributed by atoms with Gasteiger partial charge in [-0.15, -0.1) is 0 Å². The average molecular weight is 1280 g/mol. The molecular weight excluding hydrogens is 1160 g/mol. The van der Waals surface area contributed by atoms with E-state index in [-0.39, 0.29) is 58.7 Å². The van der Waals surface area contributed by atoms with E-state index in [1.807, 2.05) is 0 Å². The van der Waals surface area contributed by atoms with Crippen LogP contribution < -0.4 is 0 Å². The van der Waals surface area contributed by atoms with Crippen molar-refractivity contribution in [3.8, 4) is 0 Å². The molecule has 0 atom stereocenters. The van der Waals surface area contributed by atoms with Gasteiger partial charge in [-0.05, 0) is 119 Å². The largest absolute Gasteiger partial charge is 2.00 e. The van der Waals surface area contributed by atoms with Crippen LogP contribution in [-0.2, 0) is 45.9 Å². The summed E-state index contributed by atoms with van der Waals surface area (Å²) in [6.07, 6.45) is 62.3. The number of hydrogen-bond acceptors (Lipinski definition) is 6. The zero-order valence-electron chi connectivity index (χ0n) is 52.7. The minimum absolute atomic E-state index is 0. The summed E-state index contributed by atoms with van der Waals surface area (Å²) in [6, 6.07) is 18.5. The maximum Gasteiger partial charge on any atom is 2.00 e. The van der Waals surface area contributed by atoms with E-state index in [9.17, 15) is 25.9 Å². The smallest absolute Gasteiger partial charge is 0.744 e. The van der Waals surface area contributed by atoms with Crippen molar-refractivity contribution in [3.05, 3.63) is 82.9 Å². The van der Waals surface area contributed by atoms with Crippen molar-refractivity contribution in [3.63, 3.8) is 0 Å². The topological polar surface area (TPSA) is 114 Å². The Kier molecular flexibility index (Phi) is 45.8. The molecule has 0 aromatic heterocycles. The first-order valence-electron chi connectivity index (χ1n) is 33.9. The van der Waals surface area contributed by atoms with Crippen LogP contribution in [0, 0.1) is 0 Å². The normalized spacial score (nSPS) is 11.8. The van der Waals surface area contributed by atoms with Crippen LogP contribution in [0.2, 0.25) is 0 Å². The molecule has 0 aliphatic rings. The third-order valence-corrected chi connectivity index (χ3v) is 18.8. The molecule has 0 fully saturated rings. The Bertz CT molecular complexity index is 2230. The van der Waals surface area contributed by atoms with Crippen LogP contribution in [0.5, 0.6) is 0 Å². The van der Waals surface area contributed by atoms with Gasteiger partial charge in [0.2, 0.25) is 0 Å². The van der Waals surface area contributed by atoms with Crippen LogP contribution in [0.3, 0.4) is 0 Å². The Morgan fingerprint density at radius 2 is 0.469 bits per heavy atom. The van der Waals surface area contributed by atoms with Gasteiger partial charge in [-0.2, -0.15) is 0 Å². The molecule has 81 heavy (non-hydrogen) atoms. The monoisotopic (exact) mass is 1280 g/mol. The molecular formula is C72H118BaO6S2. The van der Waals surface area contributed by atoms with Gasteiger partial charge in [-0.25, -0.2) is 16.8 Å². The fourth-order valence-electron chi connectivity index (χ4n) is 12.1. The molecule has 0 heterocycles. The van der Waals surface area contributed by atoms with Gasteiger partial charge >= 0.3 is 48.9 Å². The summed E-state index contributed by atoms with van der Waals surface area (Å²) in [6.45, 7) is 9.08. The van der Waals surface area contributed by atoms with Crippen molar-refractivity contribution in [2.75, 3.05) is 0 Å². The third-order valence-electron chi connectivity index (χ3n) is 17.1. The SMILES string of the molecule is CCCCCCCCCCCCCc1ccc2ccc(S(=O)(=O)[O-])cc2c1CCCCCCCCCCCCC.CCCCCCCCCCCCCc1ccc2ccc(S(=O)(=O)[O-])cc2c1CCCCCCCCCCCCC.[Ba+2]. The van der Waals surface area contributed by atoms with Crippen LogP contribution in [0.25, 0.3) is 21.5 Å². The summed E-state index contributed by atoms with van der Waals surface area (Å²) < 4.78 is 70.6. The second kappa shape index (κ2) is 48.9. The van der Waals surface area contributed by atoms with E-state index in [1.54, 1.807) is 24.3 Å². The minimum atomic E-state index is -4.46. The predicted octanol–water partition coefficient (Wildman–Crippen LogP) is 22.5. The van der Waals surface area contributed by atoms with E-state index in [0.29, 0.717) is 0 Å². The minimum Gasteiger partial charge on any atom is -0.744 e. The average Bonchev–Trinajstić information content (AvgIpc) is 3.54. The molecule has 0 N–H and O–H groups in total. The van der Waals surface area contributed by atoms with Gasteiger partial charge in [0.05, 0.1) is 9.79 Å². The second-order valence-corrected chi connectivity index (χ2v) is 27.0. The van der Waals surface area contributed by atoms with Crippen LogP contribution >= 0.6 is 0 Å². The molecule has 0 bridgehead atoms. The molecule has 456 valence electrons. The Balaban J connectivity index is 0.000000547. The number of unbranched alkanes of at least 4 members (excludes halogenated alkanes) is 40. The van der Waals surface area contributed by atoms with Crippen LogP contribution in [0.15, 0.2) is 70.5 Å². The van der Waals surface area contributed by atoms with Crippen LogP contribution in [-0.4, -0.2) is 74.8 Å². The first-order valence-corrected chi connectivity index (χ1v) is 36.8. The van der Waals surface area contributed by atoms with Crippen LogP contribution in [0.1, 0.15) is 332 Å². The molecule has 9 heteroatoms. The molecule has 6 nitrogen and oxygen atoms in total. The molecule has 0 amide bonds. The predicted molar refractivity (Wildman–Crippen MR) is 350 cm³/mol. The van der Waals surface area contributed by atoms with Crippen molar-refractivity contribution in [2.45, 2.75) is 346 Å². The van der Waals surface area contributed by atoms with Crippen molar-refractivity contribution in [1.29, 1.82) is 0 Å². The van der Waals surface area contributed by atoms with E-state index < -0.39 is 20.2 Å². The summed E-state index contributed by atoms with van der Waals surface area (Å²) in [7, 11) is -8.92. The Morgan fingerprint density at radius 1 is 0.272 bits per heavy atom. The summed E-state index contributed by atoms with van der Waals surface area (Å²) in [4.78, 5) is -0.209. The van der Waals surface area contributed by atoms with E-state index in [2.05, 4.69) is 52.0 Å². The number of fused-ring (bicyclic) bond motifs is 2. The van der Waals surface area contributed by atoms with Gasteiger partial charge in [0.15, 0.2) is 0 Å². The molecule has 0 spiro atoms. The molecule has 0 unspecified atom stereocenters. The van der Waals surface area contributed by atoms with E-state index in [4.69, 9.17) is 0 Å². The molecule has 0 saturated heterocycles. The quantitative estimate of drug-likeness (QED) is 0.0247. The molecule has 0 saturated carbocycles. The Hall–Kier alpha value is -1.21. The van der Waals surface area contributed by atoms with Gasteiger partial charge in [0.25, 0.3) is 0 Å². The summed E-state index contributed by atoms with van der Waals surface area (Å²) in [5.41, 5.74) is 5.23. The zero-order valence-corrected chi connectivity index (χ0v) is 58.8. The first-order chi connectivity index (χ1) is 38.9. The van der Waals surface area contributed by atoms with Crippen molar-refractivity contribution in [1.82, 2.24) is 0 Å². The van der Waals surface area contributed by atoms with Gasteiger partial charge in [-0.3, -0.25) is 0 Å². The molecule has 4 rings (SSSR count). The zero-order chi connectivity index (χ0) is 57.8. The maximum absolute atomic E-state index is 11.8. The van der Waals surface area contributed by atoms with E-state index in [1.165, 1.54) is 304 Å². The fourth-order valence-corrected chi connectivity index (χ4v) is 13.1. The fraction of sp³-hybridized carbons (Fsp3) is 0.722. The van der Waals surface area contributed by atoms with E-state index in [0.717, 1.165) is 60.1 Å². The Morgan fingerprint density at radius 3 is 0.691 bits per heavy atom. The molecule has 0 aliphatic carbocycles. The van der Waals surface area contributed by atoms with Crippen molar-refractivity contribution in [2.24, 2.45) is 0 Å². The number of benzene rings is 4. The van der Waals surface area contributed by atoms with Gasteiger partial charge in [0.1, 0.15) is 20.2 Å².